The molecule has 1 unspecified atom stereocenters. The Morgan fingerprint density at radius 1 is 1.32 bits per heavy atom. The van der Waals surface area contributed by atoms with Crippen molar-refractivity contribution in [3.8, 4) is 0 Å². The molecule has 148 valence electrons. The predicted octanol–water partition coefficient (Wildman–Crippen LogP) is 0.701. The number of imidazole rings is 1. The maximum Gasteiger partial charge on any atom is 0.238 e. The molecule has 0 aliphatic carbocycles. The monoisotopic (exact) mass is 403 g/mol. The van der Waals surface area contributed by atoms with Gasteiger partial charge in [-0.05, 0) is 37.1 Å². The lowest BCUT2D eigenvalue weighted by molar-refractivity contribution is 0.154. The first-order valence-corrected chi connectivity index (χ1v) is 10.4. The van der Waals surface area contributed by atoms with E-state index in [1.54, 1.807) is 6.07 Å². The van der Waals surface area contributed by atoms with Crippen LogP contribution in [0.1, 0.15) is 18.4 Å². The second-order valence-electron chi connectivity index (χ2n) is 6.76. The van der Waals surface area contributed by atoms with Gasteiger partial charge in [0.15, 0.2) is 11.5 Å². The van der Waals surface area contributed by atoms with E-state index in [0.717, 1.165) is 24.9 Å². The number of benzene rings is 1. The highest BCUT2D eigenvalue weighted by atomic mass is 32.2. The number of hydrogen-bond acceptors (Lipinski definition) is 8. The van der Waals surface area contributed by atoms with Gasteiger partial charge in [0.05, 0.1) is 17.8 Å². The minimum atomic E-state index is -3.86. The molecule has 4 rings (SSSR count). The Morgan fingerprint density at radius 2 is 2.18 bits per heavy atom. The molecule has 3 aromatic rings. The smallest absolute Gasteiger partial charge is 0.238 e. The Morgan fingerprint density at radius 3 is 2.96 bits per heavy atom. The fraction of sp³-hybridized carbons (Fsp3) is 0.353. The van der Waals surface area contributed by atoms with Crippen molar-refractivity contribution in [2.24, 2.45) is 5.14 Å². The zero-order valence-corrected chi connectivity index (χ0v) is 15.9. The van der Waals surface area contributed by atoms with Crippen molar-refractivity contribution in [3.05, 3.63) is 36.4 Å². The van der Waals surface area contributed by atoms with Gasteiger partial charge in [0.1, 0.15) is 11.8 Å². The van der Waals surface area contributed by atoms with Gasteiger partial charge in [0.25, 0.3) is 0 Å². The number of aliphatic hydroxyl groups is 1. The average molecular weight is 403 g/mol. The first kappa shape index (κ1) is 18.7. The van der Waals surface area contributed by atoms with Crippen molar-refractivity contribution >= 4 is 32.7 Å². The number of anilines is 2. The van der Waals surface area contributed by atoms with Crippen LogP contribution in [-0.4, -0.2) is 57.6 Å². The van der Waals surface area contributed by atoms with Crippen LogP contribution >= 0.6 is 0 Å². The van der Waals surface area contributed by atoms with Crippen LogP contribution in [0.5, 0.6) is 0 Å². The third kappa shape index (κ3) is 3.69. The summed E-state index contributed by atoms with van der Waals surface area (Å²) in [5.74, 6) is 0.482. The van der Waals surface area contributed by atoms with Crippen molar-refractivity contribution in [2.45, 2.75) is 30.3 Å². The topological polar surface area (TPSA) is 150 Å². The van der Waals surface area contributed by atoms with Crippen molar-refractivity contribution in [3.63, 3.8) is 0 Å². The maximum atomic E-state index is 11.8. The molecule has 10 nitrogen and oxygen atoms in total. The summed E-state index contributed by atoms with van der Waals surface area (Å²) < 4.78 is 23.7. The van der Waals surface area contributed by atoms with Crippen LogP contribution in [0.15, 0.2) is 35.7 Å². The molecule has 11 heteroatoms. The van der Waals surface area contributed by atoms with Crippen LogP contribution in [0.3, 0.4) is 0 Å². The molecule has 0 amide bonds. The van der Waals surface area contributed by atoms with Gasteiger partial charge in [-0.1, -0.05) is 6.07 Å². The van der Waals surface area contributed by atoms with Gasteiger partial charge >= 0.3 is 0 Å². The number of sulfonamides is 1. The van der Waals surface area contributed by atoms with Gasteiger partial charge in [0, 0.05) is 18.3 Å². The van der Waals surface area contributed by atoms with Gasteiger partial charge in [-0.25, -0.2) is 28.5 Å². The van der Waals surface area contributed by atoms with E-state index in [9.17, 15) is 13.5 Å². The molecule has 0 spiro atoms. The predicted molar refractivity (Wildman–Crippen MR) is 103 cm³/mol. The molecule has 1 aliphatic heterocycles. The second kappa shape index (κ2) is 7.43. The Bertz CT molecular complexity index is 1100. The lowest BCUT2D eigenvalue weighted by Gasteiger charge is -2.24. The molecule has 0 bridgehead atoms. The van der Waals surface area contributed by atoms with Crippen molar-refractivity contribution in [1.82, 2.24) is 24.8 Å². The maximum absolute atomic E-state index is 11.8. The lowest BCUT2D eigenvalue weighted by Crippen LogP contribution is -2.31. The van der Waals surface area contributed by atoms with E-state index < -0.39 is 10.0 Å². The second-order valence-corrected chi connectivity index (χ2v) is 8.32. The number of rotatable bonds is 6. The normalized spacial score (nSPS) is 18.0. The average Bonchev–Trinajstić information content (AvgIpc) is 3.31. The number of nitrogens with zero attached hydrogens (tertiary/aromatic N) is 4. The van der Waals surface area contributed by atoms with Crippen molar-refractivity contribution in [2.75, 3.05) is 18.5 Å². The fourth-order valence-electron chi connectivity index (χ4n) is 3.50. The van der Waals surface area contributed by atoms with Crippen molar-refractivity contribution < 1.29 is 13.5 Å². The van der Waals surface area contributed by atoms with E-state index >= 15 is 0 Å². The van der Waals surface area contributed by atoms with E-state index in [1.807, 2.05) is 0 Å². The van der Waals surface area contributed by atoms with Gasteiger partial charge in [-0.2, -0.15) is 0 Å². The third-order valence-electron chi connectivity index (χ3n) is 4.97. The number of fused-ring (bicyclic) bond motifs is 1. The molecule has 1 fully saturated rings. The summed E-state index contributed by atoms with van der Waals surface area (Å²) in [6, 6.07) is 4.83. The van der Waals surface area contributed by atoms with E-state index in [-0.39, 0.29) is 17.5 Å². The van der Waals surface area contributed by atoms with E-state index in [4.69, 9.17) is 5.14 Å². The van der Waals surface area contributed by atoms with E-state index in [2.05, 4.69) is 30.2 Å². The first-order valence-electron chi connectivity index (χ1n) is 8.87. The minimum Gasteiger partial charge on any atom is -0.395 e. The number of hydrogen-bond donors (Lipinski definition) is 4. The standard InChI is InChI=1S/C17H21N7O3S/c18-28(26,27)13-4-3-11(7-24-5-1-2-12(24)8-25)14(6-13)23-17-15-16(20-9-19-15)21-10-22-17/h3-4,6,9-10,12,25H,1-2,5,7-8H2,(H2,18,26,27)(H2,19,20,21,22,23). The Hall–Kier alpha value is -2.60. The number of nitrogens with two attached hydrogens (primary N) is 1. The van der Waals surface area contributed by atoms with Gasteiger partial charge in [-0.3, -0.25) is 4.90 Å². The summed E-state index contributed by atoms with van der Waals surface area (Å²) in [6.45, 7) is 1.54. The Labute approximate surface area is 161 Å². The third-order valence-corrected chi connectivity index (χ3v) is 5.88. The molecular weight excluding hydrogens is 382 g/mol. The quantitative estimate of drug-likeness (QED) is 0.470. The molecule has 2 aromatic heterocycles. The lowest BCUT2D eigenvalue weighted by atomic mass is 10.1. The Kier molecular flexibility index (Phi) is 4.98. The number of primary sulfonamides is 1. The number of aromatic nitrogens is 4. The first-order chi connectivity index (χ1) is 13.5. The summed E-state index contributed by atoms with van der Waals surface area (Å²) in [5, 5.41) is 18.1. The van der Waals surface area contributed by atoms with E-state index in [1.165, 1.54) is 24.8 Å². The molecule has 28 heavy (non-hydrogen) atoms. The number of H-pyrrole nitrogens is 1. The number of aliphatic hydroxyl groups excluding tert-OH is 1. The molecule has 1 aromatic carbocycles. The number of aromatic amines is 1. The highest BCUT2D eigenvalue weighted by Gasteiger charge is 2.25. The molecular formula is C17H21N7O3S. The zero-order chi connectivity index (χ0) is 19.7. The summed E-state index contributed by atoms with van der Waals surface area (Å²) in [7, 11) is -3.86. The van der Waals surface area contributed by atoms with Crippen LogP contribution in [0.25, 0.3) is 11.2 Å². The van der Waals surface area contributed by atoms with Crippen molar-refractivity contribution in [1.29, 1.82) is 0 Å². The zero-order valence-electron chi connectivity index (χ0n) is 15.0. The van der Waals surface area contributed by atoms with Crippen LogP contribution < -0.4 is 10.5 Å². The molecule has 5 N–H and O–H groups in total. The van der Waals surface area contributed by atoms with E-state index in [0.29, 0.717) is 29.2 Å². The fourth-order valence-corrected chi connectivity index (χ4v) is 4.04. The van der Waals surface area contributed by atoms with Crippen LogP contribution in [-0.2, 0) is 16.6 Å². The number of nitrogens with one attached hydrogen (secondary N) is 2. The SMILES string of the molecule is NS(=O)(=O)c1ccc(CN2CCCC2CO)c(Nc2ncnc3nc[nH]c23)c1. The van der Waals surface area contributed by atoms with Gasteiger partial charge < -0.3 is 15.4 Å². The summed E-state index contributed by atoms with van der Waals surface area (Å²) >= 11 is 0. The molecule has 1 atom stereocenters. The molecule has 1 saturated heterocycles. The summed E-state index contributed by atoms with van der Waals surface area (Å²) in [6.07, 6.45) is 4.86. The highest BCUT2D eigenvalue weighted by molar-refractivity contribution is 7.89. The summed E-state index contributed by atoms with van der Waals surface area (Å²) in [4.78, 5) is 17.6. The largest absolute Gasteiger partial charge is 0.395 e. The minimum absolute atomic E-state index is 0.00814. The molecule has 1 aliphatic rings. The number of likely N-dealkylation sites (tertiary alicyclic amines) is 1. The summed E-state index contributed by atoms with van der Waals surface area (Å²) in [5.41, 5.74) is 2.56. The molecule has 0 saturated carbocycles. The van der Waals surface area contributed by atoms with Crippen LogP contribution in [0, 0.1) is 0 Å². The molecule has 0 radical (unpaired) electrons. The van der Waals surface area contributed by atoms with Crippen LogP contribution in [0.2, 0.25) is 0 Å². The van der Waals surface area contributed by atoms with Gasteiger partial charge in [-0.15, -0.1) is 0 Å². The van der Waals surface area contributed by atoms with Crippen LogP contribution in [0.4, 0.5) is 11.5 Å². The highest BCUT2D eigenvalue weighted by Crippen LogP contribution is 2.29. The Balaban J connectivity index is 1.73. The molecule has 3 heterocycles. The van der Waals surface area contributed by atoms with Gasteiger partial charge in [0.2, 0.25) is 10.0 Å².